The normalized spacial score (nSPS) is 16.4. The Kier molecular flexibility index (Phi) is 23.1. The van der Waals surface area contributed by atoms with Gasteiger partial charge in [0.15, 0.2) is 11.8 Å². The topological polar surface area (TPSA) is 167 Å². The van der Waals surface area contributed by atoms with Crippen molar-refractivity contribution < 1.29 is 66.3 Å². The molecule has 2 aromatic carbocycles. The lowest BCUT2D eigenvalue weighted by atomic mass is 9.77. The summed E-state index contributed by atoms with van der Waals surface area (Å²) in [6.45, 7) is 16.2. The number of halogens is 1. The number of carbonyl (C=O) groups excluding carboxylic acids is 6. The van der Waals surface area contributed by atoms with Gasteiger partial charge in [0.05, 0.1) is 19.8 Å². The third-order valence-corrected chi connectivity index (χ3v) is 11.7. The van der Waals surface area contributed by atoms with Gasteiger partial charge in [-0.3, -0.25) is 19.2 Å². The van der Waals surface area contributed by atoms with Crippen molar-refractivity contribution in [2.45, 2.75) is 125 Å². The van der Waals surface area contributed by atoms with Gasteiger partial charge in [0.2, 0.25) is 0 Å². The van der Waals surface area contributed by atoms with Gasteiger partial charge in [-0.05, 0) is 127 Å². The molecule has 0 aromatic heterocycles. The van der Waals surface area contributed by atoms with Crippen molar-refractivity contribution in [1.29, 1.82) is 0 Å². The summed E-state index contributed by atoms with van der Waals surface area (Å²) in [6, 6.07) is 10.6. The summed E-state index contributed by atoms with van der Waals surface area (Å²) in [5.41, 5.74) is 1.19. The highest BCUT2D eigenvalue weighted by molar-refractivity contribution is 5.95. The van der Waals surface area contributed by atoms with Gasteiger partial charge in [-0.25, -0.2) is 14.0 Å². The van der Waals surface area contributed by atoms with E-state index in [0.717, 1.165) is 37.2 Å². The molecule has 14 heteroatoms. The molecule has 0 N–H and O–H groups in total. The molecule has 0 spiro atoms. The van der Waals surface area contributed by atoms with Crippen LogP contribution < -0.4 is 4.74 Å². The quantitative estimate of drug-likeness (QED) is 0.0260. The molecule has 1 aliphatic rings. The highest BCUT2D eigenvalue weighted by atomic mass is 19.1. The van der Waals surface area contributed by atoms with Crippen LogP contribution in [-0.2, 0) is 63.6 Å². The molecule has 0 amide bonds. The molecular formula is C52H71FO13. The van der Waals surface area contributed by atoms with E-state index in [2.05, 4.69) is 20.1 Å². The van der Waals surface area contributed by atoms with E-state index < -0.39 is 79.5 Å². The molecule has 3 rings (SSSR count). The van der Waals surface area contributed by atoms with Crippen LogP contribution in [0.15, 0.2) is 60.7 Å². The van der Waals surface area contributed by atoms with Crippen molar-refractivity contribution in [1.82, 2.24) is 0 Å². The van der Waals surface area contributed by atoms with E-state index in [1.54, 1.807) is 51.1 Å². The minimum atomic E-state index is -1.64. The molecule has 1 saturated carbocycles. The maximum Gasteiger partial charge on any atom is 0.333 e. The van der Waals surface area contributed by atoms with Gasteiger partial charge in [-0.2, -0.15) is 0 Å². The standard InChI is InChI=1S/C52H71FO13/c1-10-13-14-15-17-38-19-21-39(22-20-38)40-23-25-43(44(53)29-40)41-24-26-45(42(28-41)18-16-27-62-46(54)34(4)5)63-30-52(31-64-47(55)35(6)7,32-65-50(58)36(8)48(56)60-11-2)33-66-51(59)37(9)49(57)61-12-3/h23-26,28-29,36-39H,4,6,10-22,27,30-33H2,1-3,5,7-9H3. The second kappa shape index (κ2) is 27.8. The van der Waals surface area contributed by atoms with Crippen molar-refractivity contribution >= 4 is 35.8 Å². The van der Waals surface area contributed by atoms with Crippen molar-refractivity contribution in [3.8, 4) is 16.9 Å². The van der Waals surface area contributed by atoms with E-state index in [9.17, 15) is 28.8 Å². The Balaban J connectivity index is 1.99. The molecule has 1 aliphatic carbocycles. The van der Waals surface area contributed by atoms with Gasteiger partial charge in [0.1, 0.15) is 43.4 Å². The SMILES string of the molecule is C=C(C)C(=O)OCCCc1cc(-c2ccc(C3CCC(CCCCCC)CC3)cc2F)ccc1OCC(COC(=O)C(=C)C)(COC(=O)C(C)C(=O)OCC)COC(=O)C(C)C(=O)OCC. The number of hydrogen-bond acceptors (Lipinski definition) is 13. The van der Waals surface area contributed by atoms with Gasteiger partial charge in [0.25, 0.3) is 0 Å². The van der Waals surface area contributed by atoms with Crippen LogP contribution in [0.2, 0.25) is 0 Å². The summed E-state index contributed by atoms with van der Waals surface area (Å²) in [4.78, 5) is 76.2. The third-order valence-electron chi connectivity index (χ3n) is 11.7. The zero-order valence-corrected chi connectivity index (χ0v) is 40.1. The zero-order valence-electron chi connectivity index (χ0n) is 40.1. The average Bonchev–Trinajstić information content (AvgIpc) is 3.30. The van der Waals surface area contributed by atoms with Crippen LogP contribution in [0.3, 0.4) is 0 Å². The first-order chi connectivity index (χ1) is 31.4. The van der Waals surface area contributed by atoms with E-state index in [4.69, 9.17) is 33.2 Å². The second-order valence-electron chi connectivity index (χ2n) is 17.5. The van der Waals surface area contributed by atoms with Crippen molar-refractivity contribution in [3.05, 3.63) is 77.6 Å². The molecule has 0 aliphatic heterocycles. The lowest BCUT2D eigenvalue weighted by Crippen LogP contribution is -2.45. The molecule has 1 fully saturated rings. The summed E-state index contributed by atoms with van der Waals surface area (Å²) < 4.78 is 54.7. The third kappa shape index (κ3) is 17.4. The van der Waals surface area contributed by atoms with Crippen LogP contribution in [0.1, 0.15) is 130 Å². The molecule has 0 heterocycles. The Morgan fingerprint density at radius 2 is 1.23 bits per heavy atom. The molecule has 2 aromatic rings. The summed E-state index contributed by atoms with van der Waals surface area (Å²) in [5.74, 6) is -6.65. The first-order valence-electron chi connectivity index (χ1n) is 23.3. The number of ether oxygens (including phenoxy) is 7. The lowest BCUT2D eigenvalue weighted by Gasteiger charge is -2.33. The van der Waals surface area contributed by atoms with Crippen molar-refractivity contribution in [2.75, 3.05) is 46.2 Å². The summed E-state index contributed by atoms with van der Waals surface area (Å²) >= 11 is 0. The Bertz CT molecular complexity index is 1940. The lowest BCUT2D eigenvalue weighted by molar-refractivity contribution is -0.171. The smallest absolute Gasteiger partial charge is 0.333 e. The minimum absolute atomic E-state index is 0.0231. The van der Waals surface area contributed by atoms with Gasteiger partial charge in [-0.1, -0.05) is 70.4 Å². The van der Waals surface area contributed by atoms with E-state index >= 15 is 4.39 Å². The van der Waals surface area contributed by atoms with E-state index in [1.165, 1.54) is 52.9 Å². The molecule has 0 bridgehead atoms. The molecular weight excluding hydrogens is 852 g/mol. The van der Waals surface area contributed by atoms with E-state index in [0.29, 0.717) is 41.2 Å². The Morgan fingerprint density at radius 1 is 0.667 bits per heavy atom. The first kappa shape index (κ1) is 54.8. The second-order valence-corrected chi connectivity index (χ2v) is 17.5. The highest BCUT2D eigenvalue weighted by Crippen LogP contribution is 2.39. The monoisotopic (exact) mass is 922 g/mol. The van der Waals surface area contributed by atoms with Crippen molar-refractivity contribution in [3.63, 3.8) is 0 Å². The van der Waals surface area contributed by atoms with Crippen LogP contribution in [0.5, 0.6) is 5.75 Å². The van der Waals surface area contributed by atoms with Crippen LogP contribution in [-0.4, -0.2) is 82.1 Å². The van der Waals surface area contributed by atoms with E-state index in [1.807, 2.05) is 6.07 Å². The fourth-order valence-corrected chi connectivity index (χ4v) is 7.55. The number of unbranched alkanes of at least 4 members (excludes halogenated alkanes) is 3. The number of benzene rings is 2. The molecule has 2 atom stereocenters. The maximum absolute atomic E-state index is 16.1. The number of esters is 6. The molecule has 2 unspecified atom stereocenters. The van der Waals surface area contributed by atoms with Crippen LogP contribution in [0, 0.1) is 29.0 Å². The Labute approximate surface area is 390 Å². The Morgan fingerprint density at radius 3 is 1.77 bits per heavy atom. The van der Waals surface area contributed by atoms with Crippen LogP contribution in [0.25, 0.3) is 11.1 Å². The predicted octanol–water partition coefficient (Wildman–Crippen LogP) is 9.76. The largest absolute Gasteiger partial charge is 0.492 e. The number of rotatable bonds is 28. The number of hydrogen-bond donors (Lipinski definition) is 0. The molecule has 13 nitrogen and oxygen atoms in total. The van der Waals surface area contributed by atoms with Crippen LogP contribution in [0.4, 0.5) is 4.39 Å². The van der Waals surface area contributed by atoms with Crippen LogP contribution >= 0.6 is 0 Å². The van der Waals surface area contributed by atoms with Gasteiger partial charge in [-0.15, -0.1) is 0 Å². The predicted molar refractivity (Wildman–Crippen MR) is 247 cm³/mol. The van der Waals surface area contributed by atoms with E-state index in [-0.39, 0.29) is 36.8 Å². The fraction of sp³-hybridized carbons (Fsp3) is 0.577. The molecule has 364 valence electrons. The molecule has 0 radical (unpaired) electrons. The van der Waals surface area contributed by atoms with Crippen molar-refractivity contribution in [2.24, 2.45) is 23.2 Å². The number of aryl methyl sites for hydroxylation is 1. The fourth-order valence-electron chi connectivity index (χ4n) is 7.55. The molecule has 66 heavy (non-hydrogen) atoms. The van der Waals surface area contributed by atoms with Gasteiger partial charge >= 0.3 is 35.8 Å². The first-order valence-corrected chi connectivity index (χ1v) is 23.3. The molecule has 0 saturated heterocycles. The summed E-state index contributed by atoms with van der Waals surface area (Å²) in [7, 11) is 0. The van der Waals surface area contributed by atoms with Gasteiger partial charge in [0, 0.05) is 16.7 Å². The number of carbonyl (C=O) groups is 6. The maximum atomic E-state index is 16.1. The zero-order chi connectivity index (χ0) is 48.8. The highest BCUT2D eigenvalue weighted by Gasteiger charge is 2.40. The Hall–Kier alpha value is -5.53. The van der Waals surface area contributed by atoms with Gasteiger partial charge < -0.3 is 33.2 Å². The minimum Gasteiger partial charge on any atom is -0.492 e. The average molecular weight is 923 g/mol. The summed E-state index contributed by atoms with van der Waals surface area (Å²) in [6.07, 6.45) is 11.3. The summed E-state index contributed by atoms with van der Waals surface area (Å²) in [5, 5.41) is 0.